The molecular weight excluding hydrogens is 410 g/mol. The van der Waals surface area contributed by atoms with Crippen LogP contribution in [0.5, 0.6) is 11.5 Å². The predicted octanol–water partition coefficient (Wildman–Crippen LogP) is 1.97. The highest BCUT2D eigenvalue weighted by molar-refractivity contribution is 5.97. The maximum absolute atomic E-state index is 12.6. The normalized spacial score (nSPS) is 13.6. The first-order chi connectivity index (χ1) is 15.4. The fourth-order valence-corrected chi connectivity index (χ4v) is 3.61. The van der Waals surface area contributed by atoms with Gasteiger partial charge in [-0.05, 0) is 45.9 Å². The van der Waals surface area contributed by atoms with Crippen molar-refractivity contribution in [1.82, 2.24) is 20.2 Å². The molecule has 1 fully saturated rings. The number of carbonyl (C=O) groups is 2. The summed E-state index contributed by atoms with van der Waals surface area (Å²) < 4.78 is 11.1. The van der Waals surface area contributed by atoms with Crippen molar-refractivity contribution in [2.75, 3.05) is 50.8 Å². The fourth-order valence-electron chi connectivity index (χ4n) is 3.61. The summed E-state index contributed by atoms with van der Waals surface area (Å²) in [7, 11) is 0. The molecule has 0 bridgehead atoms. The lowest BCUT2D eigenvalue weighted by Gasteiger charge is -2.35. The van der Waals surface area contributed by atoms with Crippen LogP contribution in [0, 0.1) is 13.8 Å². The lowest BCUT2D eigenvalue weighted by Crippen LogP contribution is -2.51. The van der Waals surface area contributed by atoms with Gasteiger partial charge in [0.2, 0.25) is 5.91 Å². The summed E-state index contributed by atoms with van der Waals surface area (Å²) in [5.74, 6) is 2.30. The lowest BCUT2D eigenvalue weighted by molar-refractivity contribution is -0.130. The quantitative estimate of drug-likeness (QED) is 0.669. The minimum atomic E-state index is -0.326. The van der Waals surface area contributed by atoms with Crippen LogP contribution in [0.25, 0.3) is 0 Å². The number of benzene rings is 1. The second-order valence-corrected chi connectivity index (χ2v) is 7.49. The van der Waals surface area contributed by atoms with Gasteiger partial charge in [0.25, 0.3) is 5.91 Å². The Kier molecular flexibility index (Phi) is 7.86. The zero-order chi connectivity index (χ0) is 23.1. The summed E-state index contributed by atoms with van der Waals surface area (Å²) in [6.07, 6.45) is 0. The number of hydrogen-bond acceptors (Lipinski definition) is 7. The van der Waals surface area contributed by atoms with E-state index in [2.05, 4.69) is 20.2 Å². The van der Waals surface area contributed by atoms with E-state index in [1.807, 2.05) is 33.8 Å². The number of hydrogen-bond donors (Lipinski definition) is 1. The highest BCUT2D eigenvalue weighted by atomic mass is 16.5. The largest absolute Gasteiger partial charge is 0.490 e. The molecule has 32 heavy (non-hydrogen) atoms. The van der Waals surface area contributed by atoms with Gasteiger partial charge in [0.1, 0.15) is 11.6 Å². The Bertz CT molecular complexity index is 937. The smallest absolute Gasteiger partial charge is 0.251 e. The van der Waals surface area contributed by atoms with Gasteiger partial charge < -0.3 is 24.6 Å². The molecule has 1 aromatic carbocycles. The number of nitrogens with one attached hydrogen (secondary N) is 1. The van der Waals surface area contributed by atoms with Crippen LogP contribution in [0.2, 0.25) is 0 Å². The molecule has 0 unspecified atom stereocenters. The van der Waals surface area contributed by atoms with Gasteiger partial charge in [-0.1, -0.05) is 0 Å². The van der Waals surface area contributed by atoms with Crippen molar-refractivity contribution in [2.24, 2.45) is 0 Å². The maximum atomic E-state index is 12.6. The number of aromatic nitrogens is 2. The van der Waals surface area contributed by atoms with Crippen molar-refractivity contribution in [1.29, 1.82) is 0 Å². The Morgan fingerprint density at radius 2 is 1.66 bits per heavy atom. The van der Waals surface area contributed by atoms with Crippen LogP contribution in [0.3, 0.4) is 0 Å². The monoisotopic (exact) mass is 441 g/mol. The molecule has 9 nitrogen and oxygen atoms in total. The molecule has 0 atom stereocenters. The van der Waals surface area contributed by atoms with Crippen LogP contribution < -0.4 is 19.7 Å². The molecule has 1 aliphatic heterocycles. The molecule has 0 aliphatic carbocycles. The van der Waals surface area contributed by atoms with Gasteiger partial charge in [0, 0.05) is 43.5 Å². The molecule has 1 aliphatic rings. The van der Waals surface area contributed by atoms with Gasteiger partial charge in [-0.25, -0.2) is 9.97 Å². The van der Waals surface area contributed by atoms with Crippen LogP contribution in [0.4, 0.5) is 5.82 Å². The van der Waals surface area contributed by atoms with Crippen molar-refractivity contribution in [3.8, 4) is 11.5 Å². The van der Waals surface area contributed by atoms with Gasteiger partial charge >= 0.3 is 0 Å². The summed E-state index contributed by atoms with van der Waals surface area (Å²) in [4.78, 5) is 37.9. The van der Waals surface area contributed by atoms with Crippen molar-refractivity contribution < 1.29 is 19.1 Å². The maximum Gasteiger partial charge on any atom is 0.251 e. The fraction of sp³-hybridized carbons (Fsp3) is 0.478. The molecule has 0 radical (unpaired) electrons. The average Bonchev–Trinajstić information content (AvgIpc) is 2.78. The first kappa shape index (κ1) is 23.3. The number of rotatable bonds is 8. The van der Waals surface area contributed by atoms with E-state index in [-0.39, 0.29) is 18.4 Å². The van der Waals surface area contributed by atoms with Gasteiger partial charge in [0.05, 0.1) is 19.8 Å². The predicted molar refractivity (Wildman–Crippen MR) is 121 cm³/mol. The Balaban J connectivity index is 1.52. The molecule has 1 saturated heterocycles. The Morgan fingerprint density at radius 3 is 2.31 bits per heavy atom. The van der Waals surface area contributed by atoms with Crippen molar-refractivity contribution >= 4 is 17.6 Å². The number of amides is 2. The molecule has 1 N–H and O–H groups in total. The van der Waals surface area contributed by atoms with Crippen LogP contribution in [0.1, 0.15) is 35.7 Å². The molecule has 2 heterocycles. The minimum absolute atomic E-state index is 0.0538. The number of ether oxygens (including phenoxy) is 2. The third-order valence-corrected chi connectivity index (χ3v) is 5.11. The standard InChI is InChI=1S/C23H31N5O4/c1-5-31-19-8-7-18(14-20(19)32-6-2)23(30)24-15-22(29)28-11-9-27(10-12-28)21-13-16(3)25-17(4)26-21/h7-8,13-14H,5-6,9-12,15H2,1-4H3,(H,24,30). The first-order valence-electron chi connectivity index (χ1n) is 10.9. The summed E-state index contributed by atoms with van der Waals surface area (Å²) in [6, 6.07) is 6.97. The summed E-state index contributed by atoms with van der Waals surface area (Å²) in [5, 5.41) is 2.71. The van der Waals surface area contributed by atoms with E-state index < -0.39 is 0 Å². The third kappa shape index (κ3) is 5.87. The van der Waals surface area contributed by atoms with Crippen LogP contribution in [-0.4, -0.2) is 72.6 Å². The van der Waals surface area contributed by atoms with Crippen molar-refractivity contribution in [2.45, 2.75) is 27.7 Å². The molecule has 1 aromatic heterocycles. The number of carbonyl (C=O) groups excluding carboxylic acids is 2. The van der Waals surface area contributed by atoms with E-state index in [9.17, 15) is 9.59 Å². The highest BCUT2D eigenvalue weighted by Gasteiger charge is 2.23. The van der Waals surface area contributed by atoms with E-state index in [0.717, 1.165) is 17.3 Å². The second kappa shape index (κ2) is 10.8. The van der Waals surface area contributed by atoms with Gasteiger partial charge in [-0.2, -0.15) is 0 Å². The van der Waals surface area contributed by atoms with Gasteiger partial charge in [-0.3, -0.25) is 9.59 Å². The van der Waals surface area contributed by atoms with Crippen molar-refractivity contribution in [3.05, 3.63) is 41.3 Å². The zero-order valence-electron chi connectivity index (χ0n) is 19.2. The Morgan fingerprint density at radius 1 is 0.969 bits per heavy atom. The zero-order valence-corrected chi connectivity index (χ0v) is 19.2. The van der Waals surface area contributed by atoms with Crippen LogP contribution in [-0.2, 0) is 4.79 Å². The topological polar surface area (TPSA) is 96.9 Å². The van der Waals surface area contributed by atoms with E-state index in [1.54, 1.807) is 23.1 Å². The molecule has 172 valence electrons. The van der Waals surface area contributed by atoms with Crippen LogP contribution >= 0.6 is 0 Å². The first-order valence-corrected chi connectivity index (χ1v) is 10.9. The average molecular weight is 442 g/mol. The number of nitrogens with zero attached hydrogens (tertiary/aromatic N) is 4. The molecular formula is C23H31N5O4. The summed E-state index contributed by atoms with van der Waals surface area (Å²) in [5.41, 5.74) is 1.35. The van der Waals surface area contributed by atoms with E-state index in [0.29, 0.717) is 56.5 Å². The molecule has 0 saturated carbocycles. The van der Waals surface area contributed by atoms with Crippen LogP contribution in [0.15, 0.2) is 24.3 Å². The van der Waals surface area contributed by atoms with E-state index in [4.69, 9.17) is 9.47 Å². The lowest BCUT2D eigenvalue weighted by atomic mass is 10.2. The summed E-state index contributed by atoms with van der Waals surface area (Å²) >= 11 is 0. The molecule has 3 rings (SSSR count). The number of aryl methyl sites for hydroxylation is 2. The highest BCUT2D eigenvalue weighted by Crippen LogP contribution is 2.28. The summed E-state index contributed by atoms with van der Waals surface area (Å²) in [6.45, 7) is 11.0. The van der Waals surface area contributed by atoms with E-state index in [1.165, 1.54) is 0 Å². The minimum Gasteiger partial charge on any atom is -0.490 e. The number of piperazine rings is 1. The van der Waals surface area contributed by atoms with Gasteiger partial charge in [0.15, 0.2) is 11.5 Å². The second-order valence-electron chi connectivity index (χ2n) is 7.49. The Hall–Kier alpha value is -3.36. The molecule has 9 heteroatoms. The van der Waals surface area contributed by atoms with E-state index >= 15 is 0 Å². The molecule has 2 aromatic rings. The SMILES string of the molecule is CCOc1ccc(C(=O)NCC(=O)N2CCN(c3cc(C)nc(C)n3)CC2)cc1OCC. The molecule has 0 spiro atoms. The van der Waals surface area contributed by atoms with Gasteiger partial charge in [-0.15, -0.1) is 0 Å². The third-order valence-electron chi connectivity index (χ3n) is 5.11. The number of anilines is 1. The molecule has 2 amide bonds. The Labute approximate surface area is 188 Å². The van der Waals surface area contributed by atoms with Crippen molar-refractivity contribution in [3.63, 3.8) is 0 Å².